The van der Waals surface area contributed by atoms with Gasteiger partial charge >= 0.3 is 160 Å². The van der Waals surface area contributed by atoms with Gasteiger partial charge in [0.15, 0.2) is 0 Å². The first-order valence-electron chi connectivity index (χ1n) is 9.05. The Morgan fingerprint density at radius 2 is 1.14 bits per heavy atom. The third-order valence-corrected chi connectivity index (χ3v) is 29.6. The molecule has 0 amide bonds. The molecule has 144 valence electrons. The van der Waals surface area contributed by atoms with E-state index < -0.39 is 13.5 Å². The predicted octanol–water partition coefficient (Wildman–Crippen LogP) is 4.48. The Balaban J connectivity index is 0.00000140. The Morgan fingerprint density at radius 3 is 1.57 bits per heavy atom. The van der Waals surface area contributed by atoms with E-state index >= 15 is 0 Å². The fourth-order valence-electron chi connectivity index (χ4n) is 4.07. The zero-order valence-corrected chi connectivity index (χ0v) is 21.2. The summed E-state index contributed by atoms with van der Waals surface area (Å²) in [7, 11) is 2.34. The van der Waals surface area contributed by atoms with Crippen molar-refractivity contribution in [2.45, 2.75) is 6.42 Å². The number of rotatable bonds is 5. The summed E-state index contributed by atoms with van der Waals surface area (Å²) in [5.41, 5.74) is 0. The molecule has 0 fully saturated rings. The first-order chi connectivity index (χ1) is 12.7. The molecule has 0 heterocycles. The van der Waals surface area contributed by atoms with Crippen molar-refractivity contribution in [3.63, 3.8) is 0 Å². The van der Waals surface area contributed by atoms with Crippen LogP contribution in [0.2, 0.25) is 0 Å². The van der Waals surface area contributed by atoms with Gasteiger partial charge in [-0.1, -0.05) is 0 Å². The molecule has 0 saturated carbocycles. The van der Waals surface area contributed by atoms with Crippen molar-refractivity contribution in [1.29, 1.82) is 0 Å². The standard InChI is InChI=1S/C6H6P.2C6H5.C5H5.2ClH.H2Si.Ti/c7-6-4-2-1-3-5-6;2*1-2-4-6-5-3-1;1-2-4-5-3-1;;;;/h1-5,7H;2*1-5H;1-3H,4H2;2*1H;1H2;/q-1;;;;;;;+1. The number of hydrogen-bond donors (Lipinski definition) is 0. The van der Waals surface area contributed by atoms with Gasteiger partial charge in [0.25, 0.3) is 0 Å². The number of hydrogen-bond acceptors (Lipinski definition) is 0. The molecule has 1 aliphatic rings. The summed E-state index contributed by atoms with van der Waals surface area (Å²) in [6.07, 6.45) is 8.09. The Kier molecular flexibility index (Phi) is 8.11. The zero-order chi connectivity index (χ0) is 17.9. The van der Waals surface area contributed by atoms with E-state index in [4.69, 9.17) is 0 Å². The molecule has 0 aliphatic heterocycles. The Hall–Kier alpha value is -0.919. The Labute approximate surface area is 184 Å². The topological polar surface area (TPSA) is 0 Å². The molecule has 28 heavy (non-hydrogen) atoms. The van der Waals surface area contributed by atoms with E-state index in [2.05, 4.69) is 117 Å². The monoisotopic (exact) mass is 478 g/mol. The molecule has 0 aromatic heterocycles. The third-order valence-electron chi connectivity index (χ3n) is 5.50. The van der Waals surface area contributed by atoms with Crippen LogP contribution in [0.1, 0.15) is 6.42 Å². The molecule has 3 aromatic rings. The van der Waals surface area contributed by atoms with Crippen molar-refractivity contribution in [2.75, 3.05) is 0 Å². The molecule has 1 atom stereocenters. The average Bonchev–Trinajstić information content (AvgIpc) is 3.26. The van der Waals surface area contributed by atoms with E-state index in [1.54, 1.807) is 11.6 Å². The van der Waals surface area contributed by atoms with Crippen LogP contribution in [0, 0.1) is 0 Å². The van der Waals surface area contributed by atoms with Crippen molar-refractivity contribution in [3.8, 4) is 0 Å². The number of benzene rings is 3. The summed E-state index contributed by atoms with van der Waals surface area (Å²) in [4.78, 5) is 0. The first kappa shape index (κ1) is 23.4. The summed E-state index contributed by atoms with van der Waals surface area (Å²) in [5.74, 6) is 0. The van der Waals surface area contributed by atoms with E-state index in [9.17, 15) is 0 Å². The predicted molar refractivity (Wildman–Crippen MR) is 131 cm³/mol. The summed E-state index contributed by atoms with van der Waals surface area (Å²) >= 11 is -3.42. The van der Waals surface area contributed by atoms with E-state index in [1.807, 2.05) is 0 Å². The van der Waals surface area contributed by atoms with Crippen molar-refractivity contribution < 1.29 is 13.5 Å². The normalized spacial score (nSPS) is 13.7. The van der Waals surface area contributed by atoms with Crippen molar-refractivity contribution in [2.24, 2.45) is 0 Å². The molecule has 3 aromatic carbocycles. The van der Waals surface area contributed by atoms with Crippen molar-refractivity contribution in [1.82, 2.24) is 0 Å². The third kappa shape index (κ3) is 4.03. The van der Waals surface area contributed by atoms with Crippen LogP contribution in [0.15, 0.2) is 113 Å². The molecule has 1 unspecified atom stereocenters. The number of halogens is 2. The average molecular weight is 479 g/mol. The maximum absolute atomic E-state index is 3.42. The Morgan fingerprint density at radius 1 is 0.679 bits per heavy atom. The maximum atomic E-state index is 2.42. The van der Waals surface area contributed by atoms with Gasteiger partial charge in [0.2, 0.25) is 0 Å². The van der Waals surface area contributed by atoms with Crippen molar-refractivity contribution >= 4 is 52.1 Å². The van der Waals surface area contributed by atoms with Crippen LogP contribution in [-0.4, -0.2) is 7.63 Å². The zero-order valence-electron chi connectivity index (χ0n) is 15.6. The van der Waals surface area contributed by atoms with Crippen molar-refractivity contribution in [3.05, 3.63) is 113 Å². The van der Waals surface area contributed by atoms with Gasteiger partial charge in [0.05, 0.1) is 0 Å². The molecular formula is C23H25Cl2PSiTi. The first-order valence-corrected chi connectivity index (χ1v) is 18.8. The minimum absolute atomic E-state index is 0. The second-order valence-corrected chi connectivity index (χ2v) is 29.7. The molecule has 0 spiro atoms. The number of allylic oxidation sites excluding steroid dienone is 4. The fourth-order valence-corrected chi connectivity index (χ4v) is 25.3. The van der Waals surface area contributed by atoms with Gasteiger partial charge in [-0.3, -0.25) is 0 Å². The van der Waals surface area contributed by atoms with Crippen LogP contribution in [0.25, 0.3) is 0 Å². The van der Waals surface area contributed by atoms with Crippen LogP contribution in [0.5, 0.6) is 0 Å². The molecule has 0 N–H and O–H groups in total. The van der Waals surface area contributed by atoms with Gasteiger partial charge in [-0.2, -0.15) is 0 Å². The van der Waals surface area contributed by atoms with Crippen LogP contribution < -0.4 is 13.0 Å². The van der Waals surface area contributed by atoms with Gasteiger partial charge in [-0.25, -0.2) is 0 Å². The van der Waals surface area contributed by atoms with Gasteiger partial charge < -0.3 is 0 Å². The van der Waals surface area contributed by atoms with Crippen LogP contribution in [0.3, 0.4) is 0 Å². The summed E-state index contributed by atoms with van der Waals surface area (Å²) in [6.45, 7) is 0.803. The molecular weight excluding hydrogens is 454 g/mol. The summed E-state index contributed by atoms with van der Waals surface area (Å²) in [5, 5.41) is 1.47. The summed E-state index contributed by atoms with van der Waals surface area (Å²) in [6, 6.07) is 33.8. The van der Waals surface area contributed by atoms with Gasteiger partial charge in [-0.15, -0.1) is 24.8 Å². The molecule has 0 saturated heterocycles. The molecule has 4 rings (SSSR count). The Bertz CT molecular complexity index is 988. The quantitative estimate of drug-likeness (QED) is 0.374. The van der Waals surface area contributed by atoms with Gasteiger partial charge in [0, 0.05) is 0 Å². The second kappa shape index (κ2) is 9.72. The van der Waals surface area contributed by atoms with Crippen LogP contribution in [-0.2, 0) is 13.5 Å². The molecule has 5 heteroatoms. The van der Waals surface area contributed by atoms with Gasteiger partial charge in [0.1, 0.15) is 0 Å². The minimum atomic E-state index is -3.42. The van der Waals surface area contributed by atoms with E-state index in [1.165, 1.54) is 5.30 Å². The van der Waals surface area contributed by atoms with Crippen LogP contribution >= 0.6 is 31.4 Å². The molecule has 0 bridgehead atoms. The molecule has 0 nitrogen and oxygen atoms in total. The van der Waals surface area contributed by atoms with Crippen LogP contribution in [0.4, 0.5) is 0 Å². The molecule has 1 aliphatic carbocycles. The summed E-state index contributed by atoms with van der Waals surface area (Å²) < 4.78 is 4.79. The van der Waals surface area contributed by atoms with E-state index in [0.717, 1.165) is 13.0 Å². The van der Waals surface area contributed by atoms with E-state index in [0.29, 0.717) is 0 Å². The van der Waals surface area contributed by atoms with E-state index in [-0.39, 0.29) is 24.8 Å². The molecule has 0 radical (unpaired) electrons. The SMILES string of the molecule is Cl.Cl.[SiH2]=[Ti]([PH]c1ccccc1)([C]1=CC=CC1)([c]1ccccc1)[c]1ccccc1. The fraction of sp³-hybridized carbons (Fsp3) is 0.0435. The second-order valence-electron chi connectivity index (χ2n) is 7.00. The van der Waals surface area contributed by atoms with Gasteiger partial charge in [-0.05, 0) is 0 Å².